The summed E-state index contributed by atoms with van der Waals surface area (Å²) in [6.45, 7) is 4.71. The molecular weight excluding hydrogens is 316 g/mol. The van der Waals surface area contributed by atoms with Gasteiger partial charge in [0.2, 0.25) is 0 Å². The Labute approximate surface area is 157 Å². The Hall–Kier alpha value is -0.280. The fourth-order valence-corrected chi connectivity index (χ4v) is 2.43. The molecule has 0 radical (unpaired) electrons. The van der Waals surface area contributed by atoms with E-state index in [1.165, 1.54) is 34.0 Å². The molecule has 7 nitrogen and oxygen atoms in total. The van der Waals surface area contributed by atoms with Gasteiger partial charge in [-0.25, -0.2) is 0 Å². The molecule has 0 saturated carbocycles. The van der Waals surface area contributed by atoms with E-state index in [1.807, 2.05) is 21.1 Å². The maximum Gasteiger partial charge on any atom is 0.0668 e. The van der Waals surface area contributed by atoms with E-state index in [0.29, 0.717) is 18.6 Å². The van der Waals surface area contributed by atoms with Crippen molar-refractivity contribution < 1.29 is 5.11 Å². The molecule has 0 aliphatic heterocycles. The molecule has 0 bridgehead atoms. The van der Waals surface area contributed by atoms with Crippen LogP contribution in [0.5, 0.6) is 0 Å². The second-order valence-electron chi connectivity index (χ2n) is 5.79. The molecule has 0 aliphatic carbocycles. The van der Waals surface area contributed by atoms with Crippen molar-refractivity contribution in [3.05, 3.63) is 0 Å². The third-order valence-electron chi connectivity index (χ3n) is 4.31. The van der Waals surface area contributed by atoms with Gasteiger partial charge in [-0.3, -0.25) is 0 Å². The topological polar surface area (TPSA) is 134 Å². The molecule has 25 heavy (non-hydrogen) atoms. The third kappa shape index (κ3) is 19.9. The minimum atomic E-state index is -0.0359. The number of aliphatic hydroxyl groups excluding tert-OH is 1. The number of nitrogens with one attached hydrogen (secondary N) is 3. The van der Waals surface area contributed by atoms with Gasteiger partial charge in [0.25, 0.3) is 0 Å². The summed E-state index contributed by atoms with van der Waals surface area (Å²) in [7, 11) is 10.5. The van der Waals surface area contributed by atoms with Crippen LogP contribution in [0.4, 0.5) is 0 Å². The molecule has 0 saturated heterocycles. The SMILES string of the molecule is CCCCC(CO)CCC(CC(C)(NC)NC)NC.CN.CN.CN. The molecule has 0 amide bonds. The summed E-state index contributed by atoms with van der Waals surface area (Å²) in [4.78, 5) is 0. The molecule has 0 fully saturated rings. The number of nitrogens with two attached hydrogens (primary N) is 3. The molecular formula is C18H50N6O. The van der Waals surface area contributed by atoms with Crippen molar-refractivity contribution in [2.75, 3.05) is 48.9 Å². The number of aliphatic hydroxyl groups is 1. The molecule has 10 N–H and O–H groups in total. The van der Waals surface area contributed by atoms with Crippen LogP contribution in [0.3, 0.4) is 0 Å². The largest absolute Gasteiger partial charge is 0.396 e. The van der Waals surface area contributed by atoms with Crippen molar-refractivity contribution in [3.63, 3.8) is 0 Å². The molecule has 0 rings (SSSR count). The normalized spacial score (nSPS) is 12.5. The molecule has 0 heterocycles. The highest BCUT2D eigenvalue weighted by atomic mass is 16.3. The van der Waals surface area contributed by atoms with Crippen molar-refractivity contribution in [3.8, 4) is 0 Å². The van der Waals surface area contributed by atoms with Crippen LogP contribution in [-0.4, -0.2) is 65.7 Å². The number of rotatable bonds is 12. The van der Waals surface area contributed by atoms with E-state index in [9.17, 15) is 5.11 Å². The summed E-state index contributed by atoms with van der Waals surface area (Å²) in [6, 6.07) is 0.473. The van der Waals surface area contributed by atoms with Crippen LogP contribution in [0.15, 0.2) is 0 Å². The first-order chi connectivity index (χ1) is 12.0. The van der Waals surface area contributed by atoms with Crippen molar-refractivity contribution in [2.24, 2.45) is 23.1 Å². The minimum absolute atomic E-state index is 0.0359. The van der Waals surface area contributed by atoms with E-state index in [0.717, 1.165) is 25.7 Å². The Morgan fingerprint density at radius 3 is 1.68 bits per heavy atom. The molecule has 0 aromatic carbocycles. The van der Waals surface area contributed by atoms with Crippen molar-refractivity contribution in [1.82, 2.24) is 16.0 Å². The number of hydrogen-bond acceptors (Lipinski definition) is 7. The van der Waals surface area contributed by atoms with E-state index in [1.54, 1.807) is 0 Å². The second-order valence-corrected chi connectivity index (χ2v) is 5.79. The van der Waals surface area contributed by atoms with Gasteiger partial charge >= 0.3 is 0 Å². The fraction of sp³-hybridized carbons (Fsp3) is 1.00. The molecule has 2 atom stereocenters. The van der Waals surface area contributed by atoms with Gasteiger partial charge in [-0.2, -0.15) is 0 Å². The Balaban J connectivity index is -0.000000329. The molecule has 0 aromatic heterocycles. The molecule has 2 unspecified atom stereocenters. The first-order valence-corrected chi connectivity index (χ1v) is 9.44. The first kappa shape index (κ1) is 32.4. The average molecular weight is 367 g/mol. The molecule has 7 heteroatoms. The van der Waals surface area contributed by atoms with E-state index in [-0.39, 0.29) is 5.66 Å². The summed E-state index contributed by atoms with van der Waals surface area (Å²) in [5.41, 5.74) is 13.5. The van der Waals surface area contributed by atoms with Crippen molar-refractivity contribution >= 4 is 0 Å². The van der Waals surface area contributed by atoms with Crippen molar-refractivity contribution in [2.45, 2.75) is 64.1 Å². The predicted molar refractivity (Wildman–Crippen MR) is 114 cm³/mol. The van der Waals surface area contributed by atoms with Crippen LogP contribution in [-0.2, 0) is 0 Å². The summed E-state index contributed by atoms with van der Waals surface area (Å²) in [5.74, 6) is 0.464. The lowest BCUT2D eigenvalue weighted by molar-refractivity contribution is 0.194. The average Bonchev–Trinajstić information content (AvgIpc) is 2.71. The van der Waals surface area contributed by atoms with Gasteiger partial charge in [-0.1, -0.05) is 19.8 Å². The monoisotopic (exact) mass is 366 g/mol. The Bertz CT molecular complexity index is 216. The van der Waals surface area contributed by atoms with Gasteiger partial charge in [0.15, 0.2) is 0 Å². The van der Waals surface area contributed by atoms with E-state index < -0.39 is 0 Å². The molecule has 0 spiro atoms. The highest BCUT2D eigenvalue weighted by Gasteiger charge is 2.24. The molecule has 158 valence electrons. The zero-order valence-electron chi connectivity index (χ0n) is 18.3. The zero-order valence-corrected chi connectivity index (χ0v) is 18.3. The van der Waals surface area contributed by atoms with Gasteiger partial charge in [-0.05, 0) is 80.8 Å². The van der Waals surface area contributed by atoms with Gasteiger partial charge in [0.1, 0.15) is 0 Å². The highest BCUT2D eigenvalue weighted by molar-refractivity contribution is 4.83. The van der Waals surface area contributed by atoms with Crippen LogP contribution in [0.25, 0.3) is 0 Å². The Morgan fingerprint density at radius 2 is 1.36 bits per heavy atom. The van der Waals surface area contributed by atoms with E-state index in [2.05, 4.69) is 47.0 Å². The maximum absolute atomic E-state index is 9.42. The first-order valence-electron chi connectivity index (χ1n) is 9.44. The van der Waals surface area contributed by atoms with Crippen molar-refractivity contribution in [1.29, 1.82) is 0 Å². The van der Waals surface area contributed by atoms with Gasteiger partial charge in [-0.15, -0.1) is 0 Å². The summed E-state index contributed by atoms with van der Waals surface area (Å²) in [5, 5.41) is 19.5. The van der Waals surface area contributed by atoms with Crippen LogP contribution in [0.1, 0.15) is 52.4 Å². The standard InChI is InChI=1S/C15H35N3O.3CH5N/c1-6-7-8-13(12-19)9-10-14(16-3)11-15(2,17-4)18-5;3*1-2/h13-14,16-19H,6-12H2,1-5H3;3*2H2,1H3. The Morgan fingerprint density at radius 1 is 0.880 bits per heavy atom. The minimum Gasteiger partial charge on any atom is -0.396 e. The van der Waals surface area contributed by atoms with E-state index in [4.69, 9.17) is 0 Å². The van der Waals surface area contributed by atoms with Crippen LogP contribution >= 0.6 is 0 Å². The fourth-order valence-electron chi connectivity index (χ4n) is 2.43. The smallest absolute Gasteiger partial charge is 0.0668 e. The lowest BCUT2D eigenvalue weighted by Gasteiger charge is -2.33. The van der Waals surface area contributed by atoms with Gasteiger partial charge in [0.05, 0.1) is 5.66 Å². The lowest BCUT2D eigenvalue weighted by atomic mass is 9.92. The summed E-state index contributed by atoms with van der Waals surface area (Å²) in [6.07, 6.45) is 6.83. The summed E-state index contributed by atoms with van der Waals surface area (Å²) >= 11 is 0. The molecule has 0 aromatic rings. The predicted octanol–water partition coefficient (Wildman–Crippen LogP) is 0.423. The second kappa shape index (κ2) is 26.0. The van der Waals surface area contributed by atoms with Crippen LogP contribution in [0, 0.1) is 5.92 Å². The Kier molecular flexibility index (Phi) is 33.6. The number of hydrogen-bond donors (Lipinski definition) is 7. The zero-order chi connectivity index (χ0) is 20.7. The third-order valence-corrected chi connectivity index (χ3v) is 4.31. The highest BCUT2D eigenvalue weighted by Crippen LogP contribution is 2.18. The quantitative estimate of drug-likeness (QED) is 0.249. The van der Waals surface area contributed by atoms with E-state index >= 15 is 0 Å². The van der Waals surface area contributed by atoms with Crippen LogP contribution < -0.4 is 33.2 Å². The van der Waals surface area contributed by atoms with Gasteiger partial charge < -0.3 is 38.3 Å². The molecule has 0 aliphatic rings. The van der Waals surface area contributed by atoms with Gasteiger partial charge in [0, 0.05) is 12.6 Å². The van der Waals surface area contributed by atoms with Crippen LogP contribution in [0.2, 0.25) is 0 Å². The maximum atomic E-state index is 9.42. The number of unbranched alkanes of at least 4 members (excludes halogenated alkanes) is 1. The summed E-state index contributed by atoms with van der Waals surface area (Å²) < 4.78 is 0. The lowest BCUT2D eigenvalue weighted by Crippen LogP contribution is -2.54.